The van der Waals surface area contributed by atoms with Gasteiger partial charge in [0.15, 0.2) is 5.96 Å². The van der Waals surface area contributed by atoms with E-state index in [4.69, 9.17) is 5.73 Å². The molecule has 154 valence electrons. The molecule has 2 rings (SSSR count). The molecule has 5 N–H and O–H groups in total. The first-order valence-corrected chi connectivity index (χ1v) is 9.40. The normalized spacial score (nSPS) is 11.0. The van der Waals surface area contributed by atoms with Gasteiger partial charge in [-0.25, -0.2) is 9.38 Å². The fraction of sp³-hybridized carbons (Fsp3) is 0.286. The summed E-state index contributed by atoms with van der Waals surface area (Å²) in [7, 11) is 0. The van der Waals surface area contributed by atoms with Crippen LogP contribution in [-0.4, -0.2) is 37.4 Å². The second kappa shape index (κ2) is 11.4. The predicted molar refractivity (Wildman–Crippen MR) is 111 cm³/mol. The average molecular weight is 399 g/mol. The number of carbonyl (C=O) groups excluding carboxylic acids is 2. The number of hydrogen-bond donors (Lipinski definition) is 4. The number of aliphatic imine (C=N–C) groups is 1. The summed E-state index contributed by atoms with van der Waals surface area (Å²) in [4.78, 5) is 27.1. The molecule has 2 aromatic rings. The quantitative estimate of drug-likeness (QED) is 0.377. The molecule has 0 saturated heterocycles. The first-order chi connectivity index (χ1) is 14.0. The van der Waals surface area contributed by atoms with Gasteiger partial charge < -0.3 is 21.7 Å². The minimum Gasteiger partial charge on any atom is -0.368 e. The highest BCUT2D eigenvalue weighted by Gasteiger charge is 2.06. The molecule has 0 unspecified atom stereocenters. The van der Waals surface area contributed by atoms with Crippen LogP contribution in [0.1, 0.15) is 28.4 Å². The van der Waals surface area contributed by atoms with Crippen molar-refractivity contribution >= 4 is 17.8 Å². The van der Waals surface area contributed by atoms with Crippen molar-refractivity contribution < 1.29 is 14.0 Å². The Kier molecular flexibility index (Phi) is 8.62. The van der Waals surface area contributed by atoms with Gasteiger partial charge in [0.1, 0.15) is 5.82 Å². The van der Waals surface area contributed by atoms with Crippen LogP contribution in [0.25, 0.3) is 0 Å². The maximum Gasteiger partial charge on any atom is 0.251 e. The van der Waals surface area contributed by atoms with E-state index in [1.54, 1.807) is 24.3 Å². The lowest BCUT2D eigenvalue weighted by molar-refractivity contribution is -0.117. The van der Waals surface area contributed by atoms with Crippen molar-refractivity contribution in [2.75, 3.05) is 19.6 Å². The Morgan fingerprint density at radius 1 is 0.966 bits per heavy atom. The molecule has 8 heteroatoms. The zero-order chi connectivity index (χ0) is 21.1. The molecule has 2 amide bonds. The minimum absolute atomic E-state index is 0.194. The molecule has 0 saturated carbocycles. The van der Waals surface area contributed by atoms with Gasteiger partial charge in [0.2, 0.25) is 5.91 Å². The topological polar surface area (TPSA) is 109 Å². The lowest BCUT2D eigenvalue weighted by Crippen LogP contribution is -2.38. The third-order valence-electron chi connectivity index (χ3n) is 4.02. The van der Waals surface area contributed by atoms with E-state index in [0.29, 0.717) is 24.6 Å². The van der Waals surface area contributed by atoms with Crippen molar-refractivity contribution in [1.82, 2.24) is 16.0 Å². The molecule has 2 aromatic carbocycles. The van der Waals surface area contributed by atoms with Crippen LogP contribution in [0, 0.1) is 5.82 Å². The SMILES string of the molecule is CCNC(=NCc1ccc(C(=O)NCC(N)=O)cc1)NCCc1ccc(F)cc1. The fourth-order valence-electron chi connectivity index (χ4n) is 2.52. The molecule has 0 aliphatic carbocycles. The van der Waals surface area contributed by atoms with Gasteiger partial charge in [-0.1, -0.05) is 24.3 Å². The van der Waals surface area contributed by atoms with Crippen LogP contribution in [0.3, 0.4) is 0 Å². The summed E-state index contributed by atoms with van der Waals surface area (Å²) >= 11 is 0. The molecule has 7 nitrogen and oxygen atoms in total. The molecule has 0 aliphatic heterocycles. The summed E-state index contributed by atoms with van der Waals surface area (Å²) in [5.41, 5.74) is 7.44. The standard InChI is InChI=1S/C21H26FN5O2/c1-2-24-21(25-12-11-15-5-9-18(22)10-6-15)27-13-16-3-7-17(8-4-16)20(29)26-14-19(23)28/h3-10H,2,11-14H2,1H3,(H2,23,28)(H,26,29)(H2,24,25,27). The molecule has 0 spiro atoms. The first-order valence-electron chi connectivity index (χ1n) is 9.40. The van der Waals surface area contributed by atoms with E-state index in [2.05, 4.69) is 20.9 Å². The second-order valence-electron chi connectivity index (χ2n) is 6.34. The number of nitrogens with two attached hydrogens (primary N) is 1. The summed E-state index contributed by atoms with van der Waals surface area (Å²) in [5, 5.41) is 8.87. The van der Waals surface area contributed by atoms with E-state index in [-0.39, 0.29) is 18.3 Å². The summed E-state index contributed by atoms with van der Waals surface area (Å²) in [5.74, 6) is -0.507. The van der Waals surface area contributed by atoms with Crippen LogP contribution in [0.4, 0.5) is 4.39 Å². The highest BCUT2D eigenvalue weighted by atomic mass is 19.1. The number of primary amides is 1. The van der Waals surface area contributed by atoms with Gasteiger partial charge in [0.25, 0.3) is 5.91 Å². The van der Waals surface area contributed by atoms with Crippen molar-refractivity contribution in [3.63, 3.8) is 0 Å². The number of nitrogens with zero attached hydrogens (tertiary/aromatic N) is 1. The molecule has 0 atom stereocenters. The first kappa shape index (κ1) is 21.9. The lowest BCUT2D eigenvalue weighted by atomic mass is 10.1. The Labute approximate surface area is 169 Å². The van der Waals surface area contributed by atoms with E-state index >= 15 is 0 Å². The molecular weight excluding hydrogens is 373 g/mol. The lowest BCUT2D eigenvalue weighted by Gasteiger charge is -2.11. The Balaban J connectivity index is 1.87. The molecular formula is C21H26FN5O2. The van der Waals surface area contributed by atoms with Crippen LogP contribution in [0.2, 0.25) is 0 Å². The van der Waals surface area contributed by atoms with Gasteiger partial charge in [0, 0.05) is 18.7 Å². The molecule has 0 heterocycles. The van der Waals surface area contributed by atoms with Crippen molar-refractivity contribution in [2.24, 2.45) is 10.7 Å². The van der Waals surface area contributed by atoms with Crippen molar-refractivity contribution in [3.05, 3.63) is 71.0 Å². The zero-order valence-corrected chi connectivity index (χ0v) is 16.4. The summed E-state index contributed by atoms with van der Waals surface area (Å²) in [6, 6.07) is 13.4. The number of carbonyl (C=O) groups is 2. The van der Waals surface area contributed by atoms with Gasteiger partial charge >= 0.3 is 0 Å². The number of amides is 2. The van der Waals surface area contributed by atoms with Crippen molar-refractivity contribution in [2.45, 2.75) is 19.9 Å². The highest BCUT2D eigenvalue weighted by molar-refractivity contribution is 5.96. The molecule has 0 aromatic heterocycles. The Hall–Kier alpha value is -3.42. The Morgan fingerprint density at radius 3 is 2.24 bits per heavy atom. The van der Waals surface area contributed by atoms with E-state index in [1.807, 2.05) is 19.1 Å². The maximum absolute atomic E-state index is 13.0. The number of rotatable bonds is 9. The van der Waals surface area contributed by atoms with Crippen LogP contribution in [0.5, 0.6) is 0 Å². The summed E-state index contributed by atoms with van der Waals surface area (Å²) < 4.78 is 13.0. The van der Waals surface area contributed by atoms with Gasteiger partial charge in [-0.3, -0.25) is 9.59 Å². The van der Waals surface area contributed by atoms with Crippen molar-refractivity contribution in [3.8, 4) is 0 Å². The third-order valence-corrected chi connectivity index (χ3v) is 4.02. The number of benzene rings is 2. The van der Waals surface area contributed by atoms with Gasteiger partial charge in [0.05, 0.1) is 13.1 Å². The Bertz CT molecular complexity index is 835. The molecule has 0 radical (unpaired) electrons. The molecule has 0 fully saturated rings. The average Bonchev–Trinajstić information content (AvgIpc) is 2.72. The minimum atomic E-state index is -0.591. The summed E-state index contributed by atoms with van der Waals surface area (Å²) in [6.45, 7) is 3.62. The predicted octanol–water partition coefficient (Wildman–Crippen LogP) is 1.34. The fourth-order valence-corrected chi connectivity index (χ4v) is 2.52. The maximum atomic E-state index is 13.0. The van der Waals surface area contributed by atoms with Crippen LogP contribution in [0.15, 0.2) is 53.5 Å². The molecule has 0 aliphatic rings. The zero-order valence-electron chi connectivity index (χ0n) is 16.4. The number of halogens is 1. The van der Waals surface area contributed by atoms with Gasteiger partial charge in [-0.05, 0) is 48.7 Å². The van der Waals surface area contributed by atoms with E-state index in [1.165, 1.54) is 12.1 Å². The third kappa shape index (κ3) is 8.00. The number of hydrogen-bond acceptors (Lipinski definition) is 3. The van der Waals surface area contributed by atoms with E-state index in [9.17, 15) is 14.0 Å². The van der Waals surface area contributed by atoms with E-state index < -0.39 is 5.91 Å². The van der Waals surface area contributed by atoms with Gasteiger partial charge in [-0.15, -0.1) is 0 Å². The number of guanidine groups is 1. The van der Waals surface area contributed by atoms with E-state index in [0.717, 1.165) is 24.1 Å². The van der Waals surface area contributed by atoms with Gasteiger partial charge in [-0.2, -0.15) is 0 Å². The monoisotopic (exact) mass is 399 g/mol. The van der Waals surface area contributed by atoms with Crippen LogP contribution < -0.4 is 21.7 Å². The smallest absolute Gasteiger partial charge is 0.251 e. The summed E-state index contributed by atoms with van der Waals surface area (Å²) in [6.07, 6.45) is 0.750. The van der Waals surface area contributed by atoms with Crippen molar-refractivity contribution in [1.29, 1.82) is 0 Å². The number of nitrogens with one attached hydrogen (secondary N) is 3. The van der Waals surface area contributed by atoms with Crippen LogP contribution in [-0.2, 0) is 17.8 Å². The molecule has 0 bridgehead atoms. The Morgan fingerprint density at radius 2 is 1.62 bits per heavy atom. The molecule has 29 heavy (non-hydrogen) atoms. The second-order valence-corrected chi connectivity index (χ2v) is 6.34. The highest BCUT2D eigenvalue weighted by Crippen LogP contribution is 2.06. The largest absolute Gasteiger partial charge is 0.368 e. The van der Waals surface area contributed by atoms with Crippen LogP contribution >= 0.6 is 0 Å².